The van der Waals surface area contributed by atoms with Crippen LogP contribution in [0.15, 0.2) is 0 Å². The Balaban J connectivity index is 3.68. The van der Waals surface area contributed by atoms with Crippen LogP contribution < -0.4 is 10.6 Å². The molecule has 0 heterocycles. The normalized spacial score (nSPS) is 12.3. The fourth-order valence-corrected chi connectivity index (χ4v) is 4.40. The molecule has 1 amide bonds. The Morgan fingerprint density at radius 3 is 2.41 bits per heavy atom. The van der Waals surface area contributed by atoms with Crippen molar-refractivity contribution >= 4 is 27.5 Å². The van der Waals surface area contributed by atoms with Gasteiger partial charge in [-0.3, -0.25) is 4.79 Å². The smallest absolute Gasteiger partial charge is 0.223 e. The molecule has 0 radical (unpaired) electrons. The highest BCUT2D eigenvalue weighted by Crippen LogP contribution is 2.39. The van der Waals surface area contributed by atoms with Crippen LogP contribution in [0.25, 0.3) is 0 Å². The molecule has 6 nitrogen and oxygen atoms in total. The number of amides is 1. The summed E-state index contributed by atoms with van der Waals surface area (Å²) in [6.45, 7) is 12.5. The molecule has 0 aliphatic carbocycles. The number of hydrogen-bond donors (Lipinski definition) is 2. The second kappa shape index (κ2) is 19.5. The van der Waals surface area contributed by atoms with Gasteiger partial charge in [-0.05, 0) is 26.4 Å². The number of nitrogens with one attached hydrogen (secondary N) is 2. The molecule has 29 heavy (non-hydrogen) atoms. The molecule has 1 atom stereocenters. The molecule has 0 rings (SSSR count). The van der Waals surface area contributed by atoms with Gasteiger partial charge in [0.05, 0.1) is 39.6 Å². The maximum atomic E-state index is 11.5. The molecule has 0 spiro atoms. The molecular weight excluding hydrogens is 408 g/mol. The van der Waals surface area contributed by atoms with Gasteiger partial charge in [0.1, 0.15) is 5.44 Å². The molecule has 0 aliphatic heterocycles. The van der Waals surface area contributed by atoms with E-state index in [9.17, 15) is 4.79 Å². The maximum absolute atomic E-state index is 11.5. The van der Waals surface area contributed by atoms with Gasteiger partial charge < -0.3 is 24.8 Å². The predicted molar refractivity (Wildman–Crippen MR) is 125 cm³/mol. The van der Waals surface area contributed by atoms with E-state index in [1.807, 2.05) is 24.8 Å². The third kappa shape index (κ3) is 22.1. The summed E-state index contributed by atoms with van der Waals surface area (Å²) in [7, 11) is 5.63. The lowest BCUT2D eigenvalue weighted by atomic mass is 10.3. The molecule has 0 saturated carbocycles. The molecule has 8 heteroatoms. The van der Waals surface area contributed by atoms with E-state index in [1.54, 1.807) is 10.8 Å². The van der Waals surface area contributed by atoms with Gasteiger partial charge in [-0.15, -0.1) is 5.92 Å². The van der Waals surface area contributed by atoms with Gasteiger partial charge in [0, 0.05) is 17.6 Å². The van der Waals surface area contributed by atoms with Gasteiger partial charge in [0.2, 0.25) is 5.91 Å². The van der Waals surface area contributed by atoms with Crippen LogP contribution >= 0.6 is 21.6 Å². The van der Waals surface area contributed by atoms with Crippen LogP contribution in [0, 0.1) is 11.8 Å². The number of ether oxygens (including phenoxy) is 3. The first-order chi connectivity index (χ1) is 13.9. The summed E-state index contributed by atoms with van der Waals surface area (Å²) < 4.78 is 17.2. The van der Waals surface area contributed by atoms with Crippen molar-refractivity contribution in [3.05, 3.63) is 0 Å². The molecule has 170 valence electrons. The summed E-state index contributed by atoms with van der Waals surface area (Å²) in [5.74, 6) is 5.74. The van der Waals surface area contributed by atoms with Crippen molar-refractivity contribution in [1.29, 1.82) is 0 Å². The van der Waals surface area contributed by atoms with Crippen LogP contribution in [0.2, 0.25) is 0 Å². The van der Waals surface area contributed by atoms with Crippen LogP contribution in [0.4, 0.5) is 0 Å². The van der Waals surface area contributed by atoms with Crippen molar-refractivity contribution in [1.82, 2.24) is 10.6 Å². The van der Waals surface area contributed by atoms with E-state index in [1.165, 1.54) is 0 Å². The van der Waals surface area contributed by atoms with E-state index in [0.717, 1.165) is 25.8 Å². The van der Waals surface area contributed by atoms with Crippen molar-refractivity contribution in [3.63, 3.8) is 0 Å². The van der Waals surface area contributed by atoms with E-state index in [4.69, 9.17) is 14.2 Å². The van der Waals surface area contributed by atoms with Crippen LogP contribution in [0.5, 0.6) is 0 Å². The lowest BCUT2D eigenvalue weighted by Gasteiger charge is -2.22. The number of carbonyl (C=O) groups excluding carboxylic acids is 1. The van der Waals surface area contributed by atoms with Crippen LogP contribution in [0.1, 0.15) is 53.4 Å². The molecule has 0 aromatic rings. The largest absolute Gasteiger partial charge is 0.379 e. The minimum atomic E-state index is -0.0420. The highest BCUT2D eigenvalue weighted by molar-refractivity contribution is 8.77. The molecule has 0 saturated heterocycles. The van der Waals surface area contributed by atoms with E-state index >= 15 is 0 Å². The standard InChI is InChI=1S/C21H40N2O4S2/c1-6-7-8-13-23-19(24)11-14-25-15-16-26-17-18-27-20(10-9-12-22-5)28-29-21(2,3)4/h20,22H,6,9-18H2,1-5H3,(H,23,24). The Kier molecular flexibility index (Phi) is 19.2. The van der Waals surface area contributed by atoms with Gasteiger partial charge in [-0.1, -0.05) is 55.2 Å². The third-order valence-corrected chi connectivity index (χ3v) is 6.94. The summed E-state index contributed by atoms with van der Waals surface area (Å²) in [5.41, 5.74) is 0.174. The summed E-state index contributed by atoms with van der Waals surface area (Å²) in [6, 6.07) is 0. The summed E-state index contributed by atoms with van der Waals surface area (Å²) in [6.07, 6.45) is 3.25. The average molecular weight is 449 g/mol. The molecular formula is C21H40N2O4S2. The van der Waals surface area contributed by atoms with Crippen LogP contribution in [0.3, 0.4) is 0 Å². The first-order valence-electron chi connectivity index (χ1n) is 10.4. The minimum Gasteiger partial charge on any atom is -0.379 e. The fourth-order valence-electron chi connectivity index (χ4n) is 1.95. The van der Waals surface area contributed by atoms with Gasteiger partial charge in [0.15, 0.2) is 0 Å². The minimum absolute atomic E-state index is 0.0420. The van der Waals surface area contributed by atoms with E-state index in [-0.39, 0.29) is 16.1 Å². The summed E-state index contributed by atoms with van der Waals surface area (Å²) in [5, 5.41) is 5.91. The molecule has 0 fully saturated rings. The fraction of sp³-hybridized carbons (Fsp3) is 0.857. The summed E-state index contributed by atoms with van der Waals surface area (Å²) >= 11 is 0. The topological polar surface area (TPSA) is 68.8 Å². The molecule has 0 bridgehead atoms. The zero-order valence-electron chi connectivity index (χ0n) is 18.8. The second-order valence-electron chi connectivity index (χ2n) is 7.30. The van der Waals surface area contributed by atoms with E-state index in [0.29, 0.717) is 46.0 Å². The first-order valence-corrected chi connectivity index (χ1v) is 12.6. The summed E-state index contributed by atoms with van der Waals surface area (Å²) in [4.78, 5) is 11.5. The molecule has 2 N–H and O–H groups in total. The van der Waals surface area contributed by atoms with Gasteiger partial charge >= 0.3 is 0 Å². The van der Waals surface area contributed by atoms with Crippen molar-refractivity contribution < 1.29 is 19.0 Å². The van der Waals surface area contributed by atoms with E-state index < -0.39 is 0 Å². The lowest BCUT2D eigenvalue weighted by Crippen LogP contribution is -2.25. The highest BCUT2D eigenvalue weighted by atomic mass is 33.1. The van der Waals surface area contributed by atoms with E-state index in [2.05, 4.69) is 43.2 Å². The van der Waals surface area contributed by atoms with Gasteiger partial charge in [0.25, 0.3) is 0 Å². The van der Waals surface area contributed by atoms with Crippen molar-refractivity contribution in [2.75, 3.05) is 53.2 Å². The Morgan fingerprint density at radius 1 is 1.07 bits per heavy atom. The quantitative estimate of drug-likeness (QED) is 0.153. The number of hydrogen-bond acceptors (Lipinski definition) is 7. The van der Waals surface area contributed by atoms with Crippen molar-refractivity contribution in [2.45, 2.75) is 63.6 Å². The Bertz CT molecular complexity index is 462. The molecule has 0 aromatic heterocycles. The number of carbonyl (C=O) groups is 1. The Hall–Kier alpha value is -0.430. The Labute approximate surface area is 185 Å². The van der Waals surface area contributed by atoms with Crippen LogP contribution in [-0.2, 0) is 19.0 Å². The third-order valence-electron chi connectivity index (χ3n) is 3.32. The van der Waals surface area contributed by atoms with Crippen molar-refractivity contribution in [2.24, 2.45) is 0 Å². The lowest BCUT2D eigenvalue weighted by molar-refractivity contribution is -0.122. The highest BCUT2D eigenvalue weighted by Gasteiger charge is 2.17. The van der Waals surface area contributed by atoms with Gasteiger partial charge in [-0.2, -0.15) is 0 Å². The zero-order valence-corrected chi connectivity index (χ0v) is 20.4. The average Bonchev–Trinajstić information content (AvgIpc) is 2.67. The Morgan fingerprint density at radius 2 is 1.76 bits per heavy atom. The molecule has 1 unspecified atom stereocenters. The van der Waals surface area contributed by atoms with Crippen molar-refractivity contribution in [3.8, 4) is 11.8 Å². The zero-order chi connectivity index (χ0) is 21.8. The SMILES string of the molecule is CCC#CCNC(=O)CCOCCOCCOC(CCCNC)SSC(C)(C)C. The molecule has 0 aromatic carbocycles. The number of rotatable bonds is 17. The first kappa shape index (κ1) is 28.6. The van der Waals surface area contributed by atoms with Crippen LogP contribution in [-0.4, -0.2) is 69.3 Å². The predicted octanol–water partition coefficient (Wildman–Crippen LogP) is 3.46. The monoisotopic (exact) mass is 448 g/mol. The maximum Gasteiger partial charge on any atom is 0.223 e. The second-order valence-corrected chi connectivity index (χ2v) is 10.5. The molecule has 0 aliphatic rings. The van der Waals surface area contributed by atoms with Gasteiger partial charge in [-0.25, -0.2) is 0 Å².